The highest BCUT2D eigenvalue weighted by atomic mass is 16.5. The predicted molar refractivity (Wildman–Crippen MR) is 346 cm³/mol. The summed E-state index contributed by atoms with van der Waals surface area (Å²) < 4.78 is 12.3. The minimum atomic E-state index is -0.861. The maximum atomic E-state index is 14.6. The number of likely N-dealkylation sites (tertiary alicyclic amines) is 1. The summed E-state index contributed by atoms with van der Waals surface area (Å²) in [6.45, 7) is 19.2. The van der Waals surface area contributed by atoms with Gasteiger partial charge in [0.05, 0.1) is 42.8 Å². The lowest BCUT2D eigenvalue weighted by Crippen LogP contribution is -2.54. The van der Waals surface area contributed by atoms with Gasteiger partial charge in [0.1, 0.15) is 11.6 Å². The van der Waals surface area contributed by atoms with Crippen LogP contribution in [0.2, 0.25) is 0 Å². The van der Waals surface area contributed by atoms with Gasteiger partial charge >= 0.3 is 6.03 Å². The van der Waals surface area contributed by atoms with Gasteiger partial charge in [-0.25, -0.2) is 4.79 Å². The van der Waals surface area contributed by atoms with Crippen LogP contribution < -0.4 is 27.4 Å². The van der Waals surface area contributed by atoms with Gasteiger partial charge in [-0.15, -0.1) is 0 Å². The number of carbonyl (C=O) groups is 9. The fourth-order valence-electron chi connectivity index (χ4n) is 12.7. The summed E-state index contributed by atoms with van der Waals surface area (Å²) in [5.41, 5.74) is 13.4. The number of likely N-dealkylation sites (N-methyl/N-ethyl adjacent to an activating group) is 2. The molecular formula is C69H112N8O11. The summed E-state index contributed by atoms with van der Waals surface area (Å²) in [6, 6.07) is 14.3. The minimum absolute atomic E-state index is 0.00390. The highest BCUT2D eigenvalue weighted by Crippen LogP contribution is 2.32. The molecule has 0 bridgehead atoms. The molecule has 1 aliphatic heterocycles. The Labute approximate surface area is 527 Å². The second-order valence-electron chi connectivity index (χ2n) is 26.0. The number of methoxy groups -OCH3 is 2. The topological polar surface area (TPSA) is 270 Å². The zero-order valence-corrected chi connectivity index (χ0v) is 55.9. The summed E-state index contributed by atoms with van der Waals surface area (Å²) in [5, 5.41) is 8.55. The Bertz CT molecular complexity index is 2500. The number of Topliss-reactive ketones (excluding diaryl/α,β-unsaturated/α-hetero) is 4. The number of urea groups is 1. The van der Waals surface area contributed by atoms with Crippen LogP contribution >= 0.6 is 0 Å². The number of unbranched alkanes of at least 4 members (excludes halogenated alkanes) is 2. The summed E-state index contributed by atoms with van der Waals surface area (Å²) in [7, 11) is 8.65. The first kappa shape index (κ1) is 76.4. The SMILES string of the molecule is CC[C@H](C)C(C(CC(=O)N1CCCC1C(OC)C(C)C(=O)C[C@@H](Cc1ccccc1)C(=O)NCCc1ccc(CC(=O)C(CCCNC(N)=O)NC(=O)[C@H](CC(=O)CCCCCN)C(C)C)cc1)OC)N(C)C(=O)[C@@H](CC(=O)C(C(C)C)N(C)C)C(C)C. The van der Waals surface area contributed by atoms with Gasteiger partial charge in [0, 0.05) is 96.7 Å². The van der Waals surface area contributed by atoms with Crippen LogP contribution in [0.4, 0.5) is 4.79 Å². The lowest BCUT2D eigenvalue weighted by atomic mass is 9.83. The Balaban J connectivity index is 1.74. The van der Waals surface area contributed by atoms with Gasteiger partial charge < -0.3 is 46.7 Å². The van der Waals surface area contributed by atoms with Crippen LogP contribution in [0.5, 0.6) is 0 Å². The Morgan fingerprint density at radius 3 is 1.90 bits per heavy atom. The number of benzene rings is 2. The molecule has 3 rings (SSSR count). The second-order valence-corrected chi connectivity index (χ2v) is 26.0. The van der Waals surface area contributed by atoms with Crippen molar-refractivity contribution in [3.05, 3.63) is 71.3 Å². The first-order chi connectivity index (χ1) is 41.7. The van der Waals surface area contributed by atoms with Gasteiger partial charge in [0.15, 0.2) is 11.6 Å². The maximum absolute atomic E-state index is 14.6. The fourth-order valence-corrected chi connectivity index (χ4v) is 12.7. The number of carbonyl (C=O) groups excluding carboxylic acids is 9. The standard InChI is InChI=1S/C69H112N8O11/c1-15-47(8)64(76(12)68(85)55(45(4)5)42-60(81)63(46(6)7)75(10)11)61(87-13)43-62(82)77-37-23-28-57(77)65(88-14)48(9)58(79)40-52(38-50-24-18-16-19-25-50)66(83)72-36-33-49-29-31-51(32-30-49)39-59(80)56(27-22-35-73-69(71)86)74-67(84)54(44(2)3)41-53(78)26-20-17-21-34-70/h16,18-19,24-25,29-32,44-48,52,54-57,61,63-65H,15,17,20-23,26-28,33-43,70H2,1-14H3,(H,72,83)(H,74,84)(H3,71,73,86)/t47-,48?,52+,54+,55-,56?,57?,61?,63?,64?,65?/m0/s1. The van der Waals surface area contributed by atoms with Crippen LogP contribution in [0.1, 0.15) is 162 Å². The van der Waals surface area contributed by atoms with Gasteiger partial charge in [-0.3, -0.25) is 43.3 Å². The average molecular weight is 1230 g/mol. The number of ketones is 4. The maximum Gasteiger partial charge on any atom is 0.312 e. The Hall–Kier alpha value is -5.89. The molecule has 88 heavy (non-hydrogen) atoms. The molecule has 0 radical (unpaired) electrons. The second kappa shape index (κ2) is 39.3. The summed E-state index contributed by atoms with van der Waals surface area (Å²) in [6.07, 6.45) is 5.04. The van der Waals surface area contributed by atoms with Gasteiger partial charge in [0.25, 0.3) is 0 Å². The van der Waals surface area contributed by atoms with Crippen LogP contribution in [-0.4, -0.2) is 165 Å². The van der Waals surface area contributed by atoms with E-state index in [1.54, 1.807) is 31.1 Å². The van der Waals surface area contributed by atoms with Crippen molar-refractivity contribution in [3.8, 4) is 0 Å². The smallest absolute Gasteiger partial charge is 0.312 e. The molecule has 0 saturated carbocycles. The molecule has 11 atom stereocenters. The van der Waals surface area contributed by atoms with Crippen LogP contribution in [-0.2, 0) is 67.1 Å². The Morgan fingerprint density at radius 2 is 1.33 bits per heavy atom. The lowest BCUT2D eigenvalue weighted by Gasteiger charge is -2.41. The van der Waals surface area contributed by atoms with Gasteiger partial charge in [-0.2, -0.15) is 0 Å². The van der Waals surface area contributed by atoms with Crippen molar-refractivity contribution < 1.29 is 52.6 Å². The van der Waals surface area contributed by atoms with E-state index in [1.165, 1.54) is 0 Å². The largest absolute Gasteiger partial charge is 0.379 e. The van der Waals surface area contributed by atoms with E-state index in [4.69, 9.17) is 20.9 Å². The number of nitrogens with zero attached hydrogens (tertiary/aromatic N) is 3. The molecule has 1 aliphatic rings. The number of primary amides is 1. The van der Waals surface area contributed by atoms with Gasteiger partial charge in [-0.05, 0) is 112 Å². The molecule has 1 fully saturated rings. The Kier molecular flexibility index (Phi) is 34.1. The van der Waals surface area contributed by atoms with E-state index in [-0.39, 0.29) is 128 Å². The molecule has 2 aromatic carbocycles. The summed E-state index contributed by atoms with van der Waals surface area (Å²) >= 11 is 0. The highest BCUT2D eigenvalue weighted by Gasteiger charge is 2.44. The van der Waals surface area contributed by atoms with Crippen molar-refractivity contribution in [1.29, 1.82) is 0 Å². The number of hydrogen-bond donors (Lipinski definition) is 5. The zero-order valence-electron chi connectivity index (χ0n) is 55.9. The van der Waals surface area contributed by atoms with E-state index in [2.05, 4.69) is 22.9 Å². The molecule has 0 spiro atoms. The van der Waals surface area contributed by atoms with E-state index < -0.39 is 60.0 Å². The number of nitrogens with two attached hydrogens (primary N) is 2. The van der Waals surface area contributed by atoms with Crippen LogP contribution in [0.25, 0.3) is 0 Å². The van der Waals surface area contributed by atoms with Crippen LogP contribution in [0.15, 0.2) is 54.6 Å². The number of amides is 6. The minimum Gasteiger partial charge on any atom is -0.379 e. The van der Waals surface area contributed by atoms with E-state index in [1.807, 2.05) is 129 Å². The number of hydrogen-bond acceptors (Lipinski definition) is 13. The normalized spacial score (nSPS) is 16.9. The molecule has 1 heterocycles. The van der Waals surface area contributed by atoms with Crippen molar-refractivity contribution in [2.45, 2.75) is 201 Å². The average Bonchev–Trinajstić information content (AvgIpc) is 2.47. The van der Waals surface area contributed by atoms with Gasteiger partial charge in [0.2, 0.25) is 23.6 Å². The molecule has 19 nitrogen and oxygen atoms in total. The van der Waals surface area contributed by atoms with E-state index in [0.717, 1.165) is 36.0 Å². The molecule has 2 aromatic rings. The van der Waals surface area contributed by atoms with Crippen molar-refractivity contribution in [1.82, 2.24) is 30.7 Å². The van der Waals surface area contributed by atoms with E-state index in [0.29, 0.717) is 58.0 Å². The van der Waals surface area contributed by atoms with Crippen molar-refractivity contribution in [3.63, 3.8) is 0 Å². The van der Waals surface area contributed by atoms with Gasteiger partial charge in [-0.1, -0.05) is 130 Å². The monoisotopic (exact) mass is 1230 g/mol. The van der Waals surface area contributed by atoms with Crippen molar-refractivity contribution in [2.75, 3.05) is 61.5 Å². The number of rotatable bonds is 43. The van der Waals surface area contributed by atoms with Crippen LogP contribution in [0.3, 0.4) is 0 Å². The lowest BCUT2D eigenvalue weighted by molar-refractivity contribution is -0.149. The summed E-state index contributed by atoms with van der Waals surface area (Å²) in [4.78, 5) is 129. The molecule has 494 valence electrons. The quantitative estimate of drug-likeness (QED) is 0.0399. The third-order valence-corrected chi connectivity index (χ3v) is 18.1. The predicted octanol–water partition coefficient (Wildman–Crippen LogP) is 7.70. The summed E-state index contributed by atoms with van der Waals surface area (Å²) in [5.74, 6) is -4.08. The zero-order chi connectivity index (χ0) is 65.8. The molecule has 19 heteroatoms. The fraction of sp³-hybridized carbons (Fsp3) is 0.696. The molecule has 7 N–H and O–H groups in total. The van der Waals surface area contributed by atoms with E-state index >= 15 is 0 Å². The molecule has 7 unspecified atom stereocenters. The van der Waals surface area contributed by atoms with Crippen LogP contribution in [0, 0.1) is 47.3 Å². The first-order valence-electron chi connectivity index (χ1n) is 32.5. The first-order valence-corrected chi connectivity index (χ1v) is 32.5. The molecule has 1 saturated heterocycles. The third-order valence-electron chi connectivity index (χ3n) is 18.1. The molecule has 0 aliphatic carbocycles. The molecular weight excluding hydrogens is 1120 g/mol. The molecule has 6 amide bonds. The molecule has 0 aromatic heterocycles. The number of nitrogens with one attached hydrogen (secondary N) is 3. The number of ether oxygens (including phenoxy) is 2. The van der Waals surface area contributed by atoms with Crippen molar-refractivity contribution >= 4 is 52.8 Å². The van der Waals surface area contributed by atoms with E-state index in [9.17, 15) is 43.2 Å². The highest BCUT2D eigenvalue weighted by molar-refractivity contribution is 5.93. The Morgan fingerprint density at radius 1 is 0.682 bits per heavy atom. The third kappa shape index (κ3) is 24.5. The van der Waals surface area contributed by atoms with Crippen molar-refractivity contribution in [2.24, 2.45) is 58.8 Å².